The average Bonchev–Trinajstić information content (AvgIpc) is 3.04. The maximum absolute atomic E-state index is 12.9. The maximum Gasteiger partial charge on any atom is 0.323 e. The molecule has 1 unspecified atom stereocenters. The molecule has 8 heteroatoms. The number of amides is 2. The number of benzene rings is 1. The molecule has 1 atom stereocenters. The second-order valence-corrected chi connectivity index (χ2v) is 7.36. The van der Waals surface area contributed by atoms with Crippen molar-refractivity contribution in [2.24, 2.45) is 0 Å². The zero-order valence-corrected chi connectivity index (χ0v) is 16.6. The van der Waals surface area contributed by atoms with Gasteiger partial charge in [0, 0.05) is 37.7 Å². The van der Waals surface area contributed by atoms with E-state index in [-0.39, 0.29) is 30.2 Å². The molecule has 0 saturated carbocycles. The average molecular weight is 399 g/mol. The Morgan fingerprint density at radius 2 is 1.93 bits per heavy atom. The lowest BCUT2D eigenvalue weighted by atomic mass is 10.1. The van der Waals surface area contributed by atoms with Gasteiger partial charge in [-0.2, -0.15) is 0 Å². The summed E-state index contributed by atoms with van der Waals surface area (Å²) in [7, 11) is 0. The number of carboxylic acids is 1. The standard InChI is InChI=1S/C21H25N3O5/c1-14-5-7-16(8-6-14)18-12-19(29-22-18)21(28)23-10-3-4-17(9-11-23)24(15(2)25)13-20(26)27/h5-8,12,17H,3-4,9-11,13H2,1-2H3,(H,26,27). The van der Waals surface area contributed by atoms with Gasteiger partial charge >= 0.3 is 5.97 Å². The lowest BCUT2D eigenvalue weighted by Crippen LogP contribution is -2.43. The smallest absolute Gasteiger partial charge is 0.323 e. The van der Waals surface area contributed by atoms with Crippen LogP contribution in [0, 0.1) is 6.92 Å². The van der Waals surface area contributed by atoms with Crippen molar-refractivity contribution >= 4 is 17.8 Å². The Bertz CT molecular complexity index is 890. The van der Waals surface area contributed by atoms with Crippen molar-refractivity contribution in [1.29, 1.82) is 0 Å². The maximum atomic E-state index is 12.9. The second-order valence-electron chi connectivity index (χ2n) is 7.36. The number of carboxylic acid groups (broad SMARTS) is 1. The number of nitrogens with zero attached hydrogens (tertiary/aromatic N) is 3. The molecule has 1 aliphatic heterocycles. The highest BCUT2D eigenvalue weighted by molar-refractivity contribution is 5.92. The summed E-state index contributed by atoms with van der Waals surface area (Å²) in [5, 5.41) is 13.1. The highest BCUT2D eigenvalue weighted by Crippen LogP contribution is 2.22. The van der Waals surface area contributed by atoms with E-state index in [4.69, 9.17) is 9.63 Å². The summed E-state index contributed by atoms with van der Waals surface area (Å²) < 4.78 is 5.29. The third-order valence-corrected chi connectivity index (χ3v) is 5.20. The highest BCUT2D eigenvalue weighted by atomic mass is 16.5. The van der Waals surface area contributed by atoms with Gasteiger partial charge in [0.15, 0.2) is 0 Å². The molecular formula is C21H25N3O5. The van der Waals surface area contributed by atoms with Gasteiger partial charge in [-0.3, -0.25) is 14.4 Å². The van der Waals surface area contributed by atoms with E-state index in [0.717, 1.165) is 11.1 Å². The molecule has 1 fully saturated rings. The van der Waals surface area contributed by atoms with Crippen LogP contribution in [0.5, 0.6) is 0 Å². The molecule has 2 heterocycles. The van der Waals surface area contributed by atoms with Crippen molar-refractivity contribution in [2.75, 3.05) is 19.6 Å². The van der Waals surface area contributed by atoms with Crippen LogP contribution in [0.15, 0.2) is 34.9 Å². The van der Waals surface area contributed by atoms with Gasteiger partial charge in [0.05, 0.1) is 0 Å². The van der Waals surface area contributed by atoms with E-state index < -0.39 is 5.97 Å². The number of hydrogen-bond donors (Lipinski definition) is 1. The molecule has 1 saturated heterocycles. The molecule has 0 radical (unpaired) electrons. The van der Waals surface area contributed by atoms with Crippen molar-refractivity contribution in [2.45, 2.75) is 39.2 Å². The Balaban J connectivity index is 1.67. The molecule has 29 heavy (non-hydrogen) atoms. The third-order valence-electron chi connectivity index (χ3n) is 5.20. The number of likely N-dealkylation sites (tertiary alicyclic amines) is 1. The van der Waals surface area contributed by atoms with E-state index in [1.54, 1.807) is 11.0 Å². The third kappa shape index (κ3) is 5.01. The van der Waals surface area contributed by atoms with Crippen LogP contribution < -0.4 is 0 Å². The minimum Gasteiger partial charge on any atom is -0.480 e. The molecule has 0 bridgehead atoms. The van der Waals surface area contributed by atoms with Crippen molar-refractivity contribution in [3.05, 3.63) is 41.7 Å². The Morgan fingerprint density at radius 3 is 2.59 bits per heavy atom. The molecular weight excluding hydrogens is 374 g/mol. The molecule has 2 aromatic rings. The first-order chi connectivity index (χ1) is 13.8. The first-order valence-electron chi connectivity index (χ1n) is 9.67. The van der Waals surface area contributed by atoms with E-state index in [2.05, 4.69) is 5.16 Å². The summed E-state index contributed by atoms with van der Waals surface area (Å²) in [6.07, 6.45) is 1.86. The molecule has 154 valence electrons. The molecule has 1 aromatic carbocycles. The van der Waals surface area contributed by atoms with Gasteiger partial charge < -0.3 is 19.4 Å². The second kappa shape index (κ2) is 8.89. The van der Waals surface area contributed by atoms with Crippen molar-refractivity contribution in [3.8, 4) is 11.3 Å². The fourth-order valence-corrected chi connectivity index (χ4v) is 3.63. The van der Waals surface area contributed by atoms with Crippen LogP contribution in [0.3, 0.4) is 0 Å². The van der Waals surface area contributed by atoms with Gasteiger partial charge in [0.1, 0.15) is 12.2 Å². The summed E-state index contributed by atoms with van der Waals surface area (Å²) >= 11 is 0. The summed E-state index contributed by atoms with van der Waals surface area (Å²) in [6.45, 7) is 3.99. The van der Waals surface area contributed by atoms with Gasteiger partial charge in [-0.15, -0.1) is 0 Å². The summed E-state index contributed by atoms with van der Waals surface area (Å²) in [4.78, 5) is 38.8. The van der Waals surface area contributed by atoms with Gasteiger partial charge in [0.2, 0.25) is 11.7 Å². The number of aryl methyl sites for hydroxylation is 1. The summed E-state index contributed by atoms with van der Waals surface area (Å²) in [6, 6.07) is 9.24. The number of aromatic nitrogens is 1. The Labute approximate surface area is 169 Å². The molecule has 1 N–H and O–H groups in total. The first-order valence-corrected chi connectivity index (χ1v) is 9.67. The van der Waals surface area contributed by atoms with Crippen molar-refractivity contribution in [1.82, 2.24) is 15.0 Å². The minimum atomic E-state index is -1.04. The normalized spacial score (nSPS) is 16.9. The van der Waals surface area contributed by atoms with E-state index in [1.807, 2.05) is 31.2 Å². The zero-order valence-electron chi connectivity index (χ0n) is 16.6. The Kier molecular flexibility index (Phi) is 6.31. The molecule has 0 spiro atoms. The van der Waals surface area contributed by atoms with Crippen molar-refractivity contribution < 1.29 is 24.0 Å². The zero-order chi connectivity index (χ0) is 21.0. The fourth-order valence-electron chi connectivity index (χ4n) is 3.63. The number of rotatable bonds is 5. The lowest BCUT2D eigenvalue weighted by molar-refractivity contribution is -0.145. The van der Waals surface area contributed by atoms with Crippen molar-refractivity contribution in [3.63, 3.8) is 0 Å². The monoisotopic (exact) mass is 399 g/mol. The predicted octanol–water partition coefficient (Wildman–Crippen LogP) is 2.58. The Morgan fingerprint density at radius 1 is 1.21 bits per heavy atom. The Hall–Kier alpha value is -3.16. The number of hydrogen-bond acceptors (Lipinski definition) is 5. The summed E-state index contributed by atoms with van der Waals surface area (Å²) in [5.74, 6) is -1.38. The summed E-state index contributed by atoms with van der Waals surface area (Å²) in [5.41, 5.74) is 2.61. The van der Waals surface area contributed by atoms with Gasteiger partial charge in [0.25, 0.3) is 5.91 Å². The van der Waals surface area contributed by atoms with Crippen LogP contribution in [0.4, 0.5) is 0 Å². The molecule has 3 rings (SSSR count). The van der Waals surface area contributed by atoms with E-state index in [9.17, 15) is 14.4 Å². The fraction of sp³-hybridized carbons (Fsp3) is 0.429. The van der Waals surface area contributed by atoms with Crippen LogP contribution in [0.1, 0.15) is 42.3 Å². The highest BCUT2D eigenvalue weighted by Gasteiger charge is 2.29. The van der Waals surface area contributed by atoms with Gasteiger partial charge in [-0.05, 0) is 26.2 Å². The molecule has 2 amide bonds. The van der Waals surface area contributed by atoms with Crippen LogP contribution in [-0.2, 0) is 9.59 Å². The minimum absolute atomic E-state index is 0.174. The van der Waals surface area contributed by atoms with Crippen LogP contribution in [0.25, 0.3) is 11.3 Å². The number of carbonyl (C=O) groups is 3. The van der Waals surface area contributed by atoms with E-state index >= 15 is 0 Å². The predicted molar refractivity (Wildman–Crippen MR) is 105 cm³/mol. The van der Waals surface area contributed by atoms with Gasteiger partial charge in [-0.1, -0.05) is 35.0 Å². The van der Waals surface area contributed by atoms with E-state index in [0.29, 0.717) is 38.0 Å². The number of carbonyl (C=O) groups excluding carboxylic acids is 2. The molecule has 0 aliphatic carbocycles. The molecule has 8 nitrogen and oxygen atoms in total. The van der Waals surface area contributed by atoms with Crippen LogP contribution in [0.2, 0.25) is 0 Å². The quantitative estimate of drug-likeness (QED) is 0.829. The first kappa shape index (κ1) is 20.6. The van der Waals surface area contributed by atoms with Gasteiger partial charge in [-0.25, -0.2) is 0 Å². The number of aliphatic carboxylic acids is 1. The SMILES string of the molecule is CC(=O)N(CC(=O)O)C1CCCN(C(=O)c2cc(-c3ccc(C)cc3)no2)CC1. The molecule has 1 aromatic heterocycles. The van der Waals surface area contributed by atoms with Crippen LogP contribution in [-0.4, -0.2) is 63.5 Å². The topological polar surface area (TPSA) is 104 Å². The van der Waals surface area contributed by atoms with E-state index in [1.165, 1.54) is 11.8 Å². The molecule has 1 aliphatic rings. The largest absolute Gasteiger partial charge is 0.480 e. The lowest BCUT2D eigenvalue weighted by Gasteiger charge is -2.28. The van der Waals surface area contributed by atoms with Crippen LogP contribution >= 0.6 is 0 Å².